The fraction of sp³-hybridized carbons (Fsp3) is 0. The zero-order valence-electron chi connectivity index (χ0n) is 19.5. The first-order valence-corrected chi connectivity index (χ1v) is 12.1. The third-order valence-corrected chi connectivity index (χ3v) is 7.68. The summed E-state index contributed by atoms with van der Waals surface area (Å²) in [6, 6.07) is 37.6. The number of hydrogen-bond acceptors (Lipinski definition) is 3. The van der Waals surface area contributed by atoms with E-state index < -0.39 is 0 Å². The number of hydrogen-bond donors (Lipinski definition) is 0. The molecule has 0 amide bonds. The zero-order chi connectivity index (χ0) is 24.7. The highest BCUT2D eigenvalue weighted by atomic mass is 16.3. The van der Waals surface area contributed by atoms with Crippen LogP contribution in [0.4, 0.5) is 0 Å². The van der Waals surface area contributed by atoms with Crippen molar-refractivity contribution < 1.29 is 4.42 Å². The minimum Gasteiger partial charge on any atom is -0.456 e. The van der Waals surface area contributed by atoms with Gasteiger partial charge in [0.1, 0.15) is 23.3 Å². The molecule has 0 aliphatic heterocycles. The Bertz CT molecular complexity index is 2380. The van der Waals surface area contributed by atoms with Gasteiger partial charge in [0.05, 0.1) is 11.1 Å². The molecule has 8 aromatic rings. The Hall–Kier alpha value is -5.38. The van der Waals surface area contributed by atoms with Crippen LogP contribution < -0.4 is 0 Å². The van der Waals surface area contributed by atoms with Crippen LogP contribution in [0, 0.1) is 22.7 Å². The third-order valence-electron chi connectivity index (χ3n) is 7.68. The van der Waals surface area contributed by atoms with Gasteiger partial charge in [0.15, 0.2) is 0 Å². The quantitative estimate of drug-likeness (QED) is 0.209. The van der Waals surface area contributed by atoms with Crippen molar-refractivity contribution in [3.63, 3.8) is 0 Å². The third kappa shape index (κ3) is 2.53. The lowest BCUT2D eigenvalue weighted by Gasteiger charge is -2.17. The first-order chi connectivity index (χ1) is 18.3. The molecule has 0 bridgehead atoms. The highest BCUT2D eigenvalue weighted by molar-refractivity contribution is 6.40. The molecule has 0 aliphatic carbocycles. The van der Waals surface area contributed by atoms with Gasteiger partial charge in [-0.2, -0.15) is 10.5 Å². The summed E-state index contributed by atoms with van der Waals surface area (Å²) in [6.07, 6.45) is 0. The van der Waals surface area contributed by atoms with Crippen molar-refractivity contribution in [1.29, 1.82) is 10.5 Å². The van der Waals surface area contributed by atoms with Crippen LogP contribution in [-0.4, -0.2) is 0 Å². The van der Waals surface area contributed by atoms with Crippen LogP contribution in [0.15, 0.2) is 101 Å². The summed E-state index contributed by atoms with van der Waals surface area (Å²) < 4.78 is 6.31. The van der Waals surface area contributed by atoms with Gasteiger partial charge in [-0.25, -0.2) is 0 Å². The molecule has 0 saturated carbocycles. The summed E-state index contributed by atoms with van der Waals surface area (Å²) in [6.45, 7) is 0. The maximum atomic E-state index is 9.90. The van der Waals surface area contributed by atoms with Crippen molar-refractivity contribution in [3.8, 4) is 12.1 Å². The first kappa shape index (κ1) is 19.9. The summed E-state index contributed by atoms with van der Waals surface area (Å²) in [5.74, 6) is 0. The summed E-state index contributed by atoms with van der Waals surface area (Å²) in [5.41, 5.74) is 2.46. The largest absolute Gasteiger partial charge is 0.456 e. The molecule has 3 nitrogen and oxygen atoms in total. The van der Waals surface area contributed by atoms with Gasteiger partial charge < -0.3 is 4.42 Å². The highest BCUT2D eigenvalue weighted by Gasteiger charge is 2.19. The van der Waals surface area contributed by atoms with Gasteiger partial charge in [0.25, 0.3) is 0 Å². The van der Waals surface area contributed by atoms with Crippen molar-refractivity contribution in [2.45, 2.75) is 0 Å². The molecule has 1 heterocycles. The number of fused-ring (bicyclic) bond motifs is 14. The molecule has 0 saturated heterocycles. The van der Waals surface area contributed by atoms with Crippen molar-refractivity contribution in [1.82, 2.24) is 0 Å². The van der Waals surface area contributed by atoms with Gasteiger partial charge in [-0.15, -0.1) is 0 Å². The molecule has 168 valence electrons. The number of furan rings is 1. The molecule has 1 aromatic heterocycles. The Labute approximate surface area is 211 Å². The second-order valence-electron chi connectivity index (χ2n) is 9.50. The summed E-state index contributed by atoms with van der Waals surface area (Å²) in [4.78, 5) is 0. The van der Waals surface area contributed by atoms with Crippen LogP contribution in [0.1, 0.15) is 11.1 Å². The summed E-state index contributed by atoms with van der Waals surface area (Å²) in [5, 5.41) is 32.8. The molecular weight excluding hydrogens is 452 g/mol. The van der Waals surface area contributed by atoms with Gasteiger partial charge >= 0.3 is 0 Å². The SMILES string of the molecule is N#Cc1cc2c3cc4c(cc3c3c5ccccc5c5ccccc5c3c2cc1C#N)oc1ccccc14. The monoisotopic (exact) mass is 468 g/mol. The van der Waals surface area contributed by atoms with Gasteiger partial charge in [0.2, 0.25) is 0 Å². The summed E-state index contributed by atoms with van der Waals surface area (Å²) in [7, 11) is 0. The van der Waals surface area contributed by atoms with E-state index in [4.69, 9.17) is 4.42 Å². The van der Waals surface area contributed by atoms with Crippen LogP contribution >= 0.6 is 0 Å². The van der Waals surface area contributed by atoms with E-state index in [9.17, 15) is 10.5 Å². The van der Waals surface area contributed by atoms with Gasteiger partial charge in [-0.1, -0.05) is 66.7 Å². The van der Waals surface area contributed by atoms with Crippen LogP contribution in [-0.2, 0) is 0 Å². The average Bonchev–Trinajstić information content (AvgIpc) is 3.32. The van der Waals surface area contributed by atoms with Crippen molar-refractivity contribution >= 4 is 75.8 Å². The van der Waals surface area contributed by atoms with E-state index in [0.717, 1.165) is 65.0 Å². The molecular formula is C34H16N2O. The standard InChI is InChI=1S/C34H16N2O/c35-17-19-13-26-27-15-28-23-9-5-6-12-31(23)37-32(28)16-30(27)34-25-11-4-2-8-22(25)21-7-1-3-10-24(21)33(34)29(26)14-20(19)18-36/h1-16H. The Morgan fingerprint density at radius 1 is 0.405 bits per heavy atom. The van der Waals surface area contributed by atoms with Gasteiger partial charge in [0, 0.05) is 10.8 Å². The van der Waals surface area contributed by atoms with Crippen molar-refractivity contribution in [2.75, 3.05) is 0 Å². The van der Waals surface area contributed by atoms with Crippen LogP contribution in [0.2, 0.25) is 0 Å². The molecule has 0 aliphatic rings. The molecule has 0 unspecified atom stereocenters. The van der Waals surface area contributed by atoms with E-state index in [0.29, 0.717) is 11.1 Å². The normalized spacial score (nSPS) is 11.7. The molecule has 0 spiro atoms. The van der Waals surface area contributed by atoms with E-state index in [2.05, 4.69) is 78.9 Å². The topological polar surface area (TPSA) is 60.7 Å². The number of nitrogens with zero attached hydrogens (tertiary/aromatic N) is 2. The Morgan fingerprint density at radius 2 is 0.892 bits per heavy atom. The average molecular weight is 469 g/mol. The first-order valence-electron chi connectivity index (χ1n) is 12.1. The molecule has 3 heteroatoms. The lowest BCUT2D eigenvalue weighted by atomic mass is 9.85. The second-order valence-corrected chi connectivity index (χ2v) is 9.50. The molecule has 0 radical (unpaired) electrons. The summed E-state index contributed by atoms with van der Waals surface area (Å²) >= 11 is 0. The van der Waals surface area contributed by atoms with E-state index in [1.165, 1.54) is 10.8 Å². The maximum absolute atomic E-state index is 9.90. The zero-order valence-corrected chi connectivity index (χ0v) is 19.5. The molecule has 8 rings (SSSR count). The van der Waals surface area contributed by atoms with Gasteiger partial charge in [-0.3, -0.25) is 0 Å². The van der Waals surface area contributed by atoms with Crippen LogP contribution in [0.5, 0.6) is 0 Å². The number of benzene rings is 7. The van der Waals surface area contributed by atoms with Gasteiger partial charge in [-0.05, 0) is 84.2 Å². The fourth-order valence-electron chi connectivity index (χ4n) is 6.12. The Morgan fingerprint density at radius 3 is 1.51 bits per heavy atom. The predicted octanol–water partition coefficient (Wildman–Crippen LogP) is 9.10. The minimum atomic E-state index is 0.387. The number of rotatable bonds is 0. The molecule has 0 fully saturated rings. The smallest absolute Gasteiger partial charge is 0.136 e. The number of para-hydroxylation sites is 1. The molecule has 0 N–H and O–H groups in total. The maximum Gasteiger partial charge on any atom is 0.136 e. The van der Waals surface area contributed by atoms with E-state index in [-0.39, 0.29) is 0 Å². The fourth-order valence-corrected chi connectivity index (χ4v) is 6.12. The van der Waals surface area contributed by atoms with Crippen molar-refractivity contribution in [2.24, 2.45) is 0 Å². The van der Waals surface area contributed by atoms with E-state index in [1.54, 1.807) is 0 Å². The highest BCUT2D eigenvalue weighted by Crippen LogP contribution is 2.46. The Kier molecular flexibility index (Phi) is 3.80. The molecule has 7 aromatic carbocycles. The van der Waals surface area contributed by atoms with Crippen LogP contribution in [0.25, 0.3) is 75.8 Å². The number of nitriles is 2. The van der Waals surface area contributed by atoms with Crippen LogP contribution in [0.3, 0.4) is 0 Å². The lowest BCUT2D eigenvalue weighted by molar-refractivity contribution is 0.669. The van der Waals surface area contributed by atoms with Crippen molar-refractivity contribution in [3.05, 3.63) is 108 Å². The van der Waals surface area contributed by atoms with E-state index in [1.807, 2.05) is 30.3 Å². The second kappa shape index (κ2) is 7.08. The molecule has 37 heavy (non-hydrogen) atoms. The Balaban J connectivity index is 1.78. The minimum absolute atomic E-state index is 0.387. The van der Waals surface area contributed by atoms with E-state index >= 15 is 0 Å². The lowest BCUT2D eigenvalue weighted by Crippen LogP contribution is -1.91. The predicted molar refractivity (Wildman–Crippen MR) is 151 cm³/mol. The molecule has 0 atom stereocenters.